The predicted molar refractivity (Wildman–Crippen MR) is 117 cm³/mol. The first-order valence-electron chi connectivity index (χ1n) is 9.79. The Kier molecular flexibility index (Phi) is 5.94. The van der Waals surface area contributed by atoms with Crippen molar-refractivity contribution < 1.29 is 9.18 Å². The van der Waals surface area contributed by atoms with Gasteiger partial charge in [0, 0.05) is 25.5 Å². The van der Waals surface area contributed by atoms with Crippen molar-refractivity contribution in [2.75, 3.05) is 12.8 Å². The molecule has 2 heterocycles. The summed E-state index contributed by atoms with van der Waals surface area (Å²) in [4.78, 5) is 18.8. The molecule has 6 nitrogen and oxygen atoms in total. The molecule has 2 aromatic carbocycles. The van der Waals surface area contributed by atoms with Gasteiger partial charge in [-0.05, 0) is 30.2 Å². The first kappa shape index (κ1) is 20.3. The first-order valence-corrected chi connectivity index (χ1v) is 10.8. The summed E-state index contributed by atoms with van der Waals surface area (Å²) in [5.41, 5.74) is 3.54. The van der Waals surface area contributed by atoms with E-state index >= 15 is 0 Å². The Morgan fingerprint density at radius 3 is 2.67 bits per heavy atom. The van der Waals surface area contributed by atoms with Crippen molar-refractivity contribution in [3.05, 3.63) is 59.9 Å². The van der Waals surface area contributed by atoms with Gasteiger partial charge in [0.25, 0.3) is 0 Å². The number of carbonyl (C=O) groups is 1. The van der Waals surface area contributed by atoms with E-state index in [-0.39, 0.29) is 17.5 Å². The lowest BCUT2D eigenvalue weighted by Gasteiger charge is -2.16. The Morgan fingerprint density at radius 2 is 1.90 bits per heavy atom. The molecule has 0 aliphatic rings. The molecule has 0 atom stereocenters. The third kappa shape index (κ3) is 4.14. The predicted octanol–water partition coefficient (Wildman–Crippen LogP) is 4.28. The molecular formula is C22H22FN5OS. The molecule has 0 spiro atoms. The van der Waals surface area contributed by atoms with Gasteiger partial charge in [0.05, 0.1) is 11.3 Å². The summed E-state index contributed by atoms with van der Waals surface area (Å²) < 4.78 is 15.2. The van der Waals surface area contributed by atoms with Gasteiger partial charge < -0.3 is 9.47 Å². The summed E-state index contributed by atoms with van der Waals surface area (Å²) in [5, 5.41) is 10.1. The maximum Gasteiger partial charge on any atom is 0.233 e. The van der Waals surface area contributed by atoms with E-state index in [9.17, 15) is 9.18 Å². The average molecular weight is 424 g/mol. The van der Waals surface area contributed by atoms with Crippen molar-refractivity contribution in [1.29, 1.82) is 0 Å². The van der Waals surface area contributed by atoms with Crippen LogP contribution in [0.25, 0.3) is 22.1 Å². The Balaban J connectivity index is 1.49. The van der Waals surface area contributed by atoms with Crippen LogP contribution >= 0.6 is 11.8 Å². The quantitative estimate of drug-likeness (QED) is 0.415. The van der Waals surface area contributed by atoms with Crippen molar-refractivity contribution in [2.24, 2.45) is 0 Å². The summed E-state index contributed by atoms with van der Waals surface area (Å²) in [6.07, 6.45) is 0.979. The molecule has 0 radical (unpaired) electrons. The van der Waals surface area contributed by atoms with Gasteiger partial charge in [-0.25, -0.2) is 9.37 Å². The molecule has 2 aromatic heterocycles. The number of thioether (sulfide) groups is 1. The number of carbonyl (C=O) groups excluding carboxylic acids is 1. The number of benzene rings is 2. The van der Waals surface area contributed by atoms with E-state index in [4.69, 9.17) is 4.98 Å². The van der Waals surface area contributed by atoms with E-state index in [1.54, 1.807) is 24.1 Å². The zero-order valence-corrected chi connectivity index (χ0v) is 17.7. The molecule has 1 amide bonds. The fraction of sp³-hybridized carbons (Fsp3) is 0.273. The monoisotopic (exact) mass is 423 g/mol. The van der Waals surface area contributed by atoms with Crippen LogP contribution in [0.2, 0.25) is 0 Å². The molecule has 0 aliphatic carbocycles. The maximum absolute atomic E-state index is 13.0. The molecule has 0 saturated carbocycles. The lowest BCUT2D eigenvalue weighted by atomic mass is 10.2. The lowest BCUT2D eigenvalue weighted by molar-refractivity contribution is -0.127. The van der Waals surface area contributed by atoms with E-state index in [1.807, 2.05) is 18.2 Å². The van der Waals surface area contributed by atoms with Crippen LogP contribution in [0.5, 0.6) is 0 Å². The van der Waals surface area contributed by atoms with Crippen molar-refractivity contribution in [3.63, 3.8) is 0 Å². The second-order valence-electron chi connectivity index (χ2n) is 7.10. The molecule has 0 saturated heterocycles. The van der Waals surface area contributed by atoms with E-state index in [0.29, 0.717) is 11.7 Å². The van der Waals surface area contributed by atoms with E-state index in [0.717, 1.165) is 40.6 Å². The number of nitrogens with zero attached hydrogens (tertiary/aromatic N) is 5. The molecule has 8 heteroatoms. The van der Waals surface area contributed by atoms with Crippen molar-refractivity contribution in [1.82, 2.24) is 24.6 Å². The van der Waals surface area contributed by atoms with Crippen LogP contribution in [0.15, 0.2) is 53.7 Å². The highest BCUT2D eigenvalue weighted by Crippen LogP contribution is 2.27. The van der Waals surface area contributed by atoms with Crippen LogP contribution in [0.1, 0.15) is 18.9 Å². The molecule has 0 unspecified atom stereocenters. The maximum atomic E-state index is 13.0. The molecule has 0 bridgehead atoms. The summed E-state index contributed by atoms with van der Waals surface area (Å²) in [6.45, 7) is 3.38. The summed E-state index contributed by atoms with van der Waals surface area (Å²) in [7, 11) is 1.73. The summed E-state index contributed by atoms with van der Waals surface area (Å²) in [5.74, 6) is -0.134. The number of fused-ring (bicyclic) bond motifs is 3. The highest BCUT2D eigenvalue weighted by Gasteiger charge is 2.16. The zero-order chi connectivity index (χ0) is 21.1. The van der Waals surface area contributed by atoms with Gasteiger partial charge in [-0.3, -0.25) is 4.79 Å². The van der Waals surface area contributed by atoms with Gasteiger partial charge in [0.2, 0.25) is 11.1 Å². The Morgan fingerprint density at radius 1 is 1.13 bits per heavy atom. The minimum Gasteiger partial charge on any atom is -0.341 e. The van der Waals surface area contributed by atoms with E-state index in [1.165, 1.54) is 23.9 Å². The second-order valence-corrected chi connectivity index (χ2v) is 8.04. The average Bonchev–Trinajstić information content (AvgIpc) is 3.07. The number of rotatable bonds is 7. The molecule has 4 aromatic rings. The Hall–Kier alpha value is -3.00. The van der Waals surface area contributed by atoms with E-state index in [2.05, 4.69) is 27.8 Å². The summed E-state index contributed by atoms with van der Waals surface area (Å²) in [6, 6.07) is 14.2. The van der Waals surface area contributed by atoms with Crippen molar-refractivity contribution in [2.45, 2.75) is 31.6 Å². The van der Waals surface area contributed by atoms with Crippen molar-refractivity contribution in [3.8, 4) is 0 Å². The van der Waals surface area contributed by atoms with Crippen molar-refractivity contribution >= 4 is 39.7 Å². The normalized spacial score (nSPS) is 11.3. The second kappa shape index (κ2) is 8.79. The third-order valence-corrected chi connectivity index (χ3v) is 5.71. The van der Waals surface area contributed by atoms with Crippen LogP contribution in [-0.2, 0) is 17.9 Å². The smallest absolute Gasteiger partial charge is 0.233 e. The number of hydrogen-bond acceptors (Lipinski definition) is 5. The van der Waals surface area contributed by atoms with E-state index < -0.39 is 0 Å². The van der Waals surface area contributed by atoms with Gasteiger partial charge in [-0.2, -0.15) is 0 Å². The number of halogens is 1. The van der Waals surface area contributed by atoms with Gasteiger partial charge in [0.15, 0.2) is 5.65 Å². The molecule has 154 valence electrons. The van der Waals surface area contributed by atoms with Crippen LogP contribution in [0.3, 0.4) is 0 Å². The highest BCUT2D eigenvalue weighted by molar-refractivity contribution is 7.99. The number of hydrogen-bond donors (Lipinski definition) is 0. The van der Waals surface area contributed by atoms with Gasteiger partial charge in [-0.15, -0.1) is 10.2 Å². The largest absolute Gasteiger partial charge is 0.341 e. The fourth-order valence-electron chi connectivity index (χ4n) is 3.39. The third-order valence-electron chi connectivity index (χ3n) is 4.89. The zero-order valence-electron chi connectivity index (χ0n) is 16.9. The number of aromatic nitrogens is 4. The number of para-hydroxylation sites is 1. The van der Waals surface area contributed by atoms with Gasteiger partial charge in [-0.1, -0.05) is 49.0 Å². The Bertz CT molecular complexity index is 1190. The number of aryl methyl sites for hydroxylation is 1. The van der Waals surface area contributed by atoms with Crippen LogP contribution < -0.4 is 0 Å². The van der Waals surface area contributed by atoms with Crippen LogP contribution in [-0.4, -0.2) is 43.4 Å². The SMILES string of the molecule is CCCn1c2ccccc2c2nnc(SCC(=O)N(C)Cc3ccc(F)cc3)nc21. The van der Waals surface area contributed by atoms with Crippen LogP contribution in [0.4, 0.5) is 4.39 Å². The number of amides is 1. The molecule has 4 rings (SSSR count). The minimum absolute atomic E-state index is 0.0536. The Labute approximate surface area is 178 Å². The van der Waals surface area contributed by atoms with Gasteiger partial charge in [0.1, 0.15) is 11.3 Å². The molecule has 0 fully saturated rings. The fourth-order valence-corrected chi connectivity index (χ4v) is 4.11. The molecular weight excluding hydrogens is 401 g/mol. The topological polar surface area (TPSA) is 63.9 Å². The van der Waals surface area contributed by atoms with Gasteiger partial charge >= 0.3 is 0 Å². The minimum atomic E-state index is -0.288. The molecule has 0 aliphatic heterocycles. The first-order chi connectivity index (χ1) is 14.6. The summed E-state index contributed by atoms with van der Waals surface area (Å²) >= 11 is 1.27. The lowest BCUT2D eigenvalue weighted by Crippen LogP contribution is -2.27. The standard InChI is InChI=1S/C22H22FN5OS/c1-3-12-28-18-7-5-4-6-17(18)20-21(28)24-22(26-25-20)30-14-19(29)27(2)13-15-8-10-16(23)11-9-15/h4-11H,3,12-14H2,1-2H3. The van der Waals surface area contributed by atoms with Crippen LogP contribution in [0, 0.1) is 5.82 Å². The molecule has 0 N–H and O–H groups in total. The highest BCUT2D eigenvalue weighted by atomic mass is 32.2. The molecule has 30 heavy (non-hydrogen) atoms.